The van der Waals surface area contributed by atoms with Crippen molar-refractivity contribution in [2.45, 2.75) is 38.3 Å². The molecule has 0 saturated carbocycles. The smallest absolute Gasteiger partial charge is 0.316 e. The Kier molecular flexibility index (Phi) is 4.85. The Bertz CT molecular complexity index is 905. The van der Waals surface area contributed by atoms with Crippen molar-refractivity contribution in [1.29, 1.82) is 0 Å². The molecule has 0 amide bonds. The summed E-state index contributed by atoms with van der Waals surface area (Å²) in [6.45, 7) is 5.90. The van der Waals surface area contributed by atoms with E-state index in [4.69, 9.17) is 4.74 Å². The number of nitrogens with zero attached hydrogens (tertiary/aromatic N) is 2. The molecular formula is C15H18N2O4S3. The molecule has 3 rings (SSSR count). The highest BCUT2D eigenvalue weighted by Gasteiger charge is 2.30. The molecule has 0 aliphatic carbocycles. The lowest BCUT2D eigenvalue weighted by molar-refractivity contribution is -0.144. The van der Waals surface area contributed by atoms with E-state index in [-0.39, 0.29) is 17.3 Å². The molecule has 2 aromatic rings. The Morgan fingerprint density at radius 2 is 2.08 bits per heavy atom. The summed E-state index contributed by atoms with van der Waals surface area (Å²) < 4.78 is 28.1. The Morgan fingerprint density at radius 3 is 2.75 bits per heavy atom. The molecule has 1 aliphatic heterocycles. The fourth-order valence-corrected chi connectivity index (χ4v) is 6.26. The lowest BCUT2D eigenvalue weighted by Crippen LogP contribution is -2.20. The molecule has 130 valence electrons. The van der Waals surface area contributed by atoms with Crippen LogP contribution in [0.15, 0.2) is 5.03 Å². The second-order valence-electron chi connectivity index (χ2n) is 5.84. The summed E-state index contributed by atoms with van der Waals surface area (Å²) >= 11 is 2.93. The van der Waals surface area contributed by atoms with Crippen LogP contribution in [-0.4, -0.2) is 47.7 Å². The zero-order valence-corrected chi connectivity index (χ0v) is 16.1. The van der Waals surface area contributed by atoms with E-state index < -0.39 is 21.9 Å². The summed E-state index contributed by atoms with van der Waals surface area (Å²) in [5.74, 6) is 0.397. The summed E-state index contributed by atoms with van der Waals surface area (Å²) in [6, 6.07) is 0. The van der Waals surface area contributed by atoms with Crippen molar-refractivity contribution in [1.82, 2.24) is 9.97 Å². The van der Waals surface area contributed by atoms with Gasteiger partial charge in [0, 0.05) is 10.3 Å². The predicted octanol–water partition coefficient (Wildman–Crippen LogP) is 2.44. The Balaban J connectivity index is 1.70. The number of esters is 1. The fraction of sp³-hybridized carbons (Fsp3) is 0.533. The molecule has 9 heteroatoms. The number of aromatic nitrogens is 2. The maximum absolute atomic E-state index is 12.0. The van der Waals surface area contributed by atoms with Gasteiger partial charge in [-0.25, -0.2) is 18.4 Å². The molecule has 0 N–H and O–H groups in total. The van der Waals surface area contributed by atoms with Crippen LogP contribution in [0, 0.1) is 20.8 Å². The second-order valence-corrected chi connectivity index (χ2v) is 10.2. The highest BCUT2D eigenvalue weighted by atomic mass is 32.2. The number of ether oxygens (including phenoxy) is 1. The molecule has 3 heterocycles. The van der Waals surface area contributed by atoms with Crippen LogP contribution in [-0.2, 0) is 19.4 Å². The van der Waals surface area contributed by atoms with Gasteiger partial charge in [-0.1, -0.05) is 11.8 Å². The quantitative estimate of drug-likeness (QED) is 0.453. The SMILES string of the molecule is Cc1nc(SCC(=O)O[C@H]2CCS(=O)(=O)C2)c2c(C)c(C)sc2n1. The third kappa shape index (κ3) is 3.73. The fourth-order valence-electron chi connectivity index (χ4n) is 2.62. The van der Waals surface area contributed by atoms with Crippen LogP contribution >= 0.6 is 23.1 Å². The molecule has 2 aromatic heterocycles. The number of hydrogen-bond acceptors (Lipinski definition) is 8. The van der Waals surface area contributed by atoms with Crippen molar-refractivity contribution in [3.8, 4) is 0 Å². The first kappa shape index (κ1) is 17.6. The van der Waals surface area contributed by atoms with Gasteiger partial charge in [0.1, 0.15) is 21.8 Å². The second kappa shape index (κ2) is 6.61. The normalized spacial score (nSPS) is 19.7. The third-order valence-electron chi connectivity index (χ3n) is 3.92. The molecule has 1 fully saturated rings. The van der Waals surface area contributed by atoms with Crippen LogP contribution in [0.1, 0.15) is 22.7 Å². The highest BCUT2D eigenvalue weighted by molar-refractivity contribution is 8.00. The van der Waals surface area contributed by atoms with Crippen molar-refractivity contribution in [2.75, 3.05) is 17.3 Å². The molecule has 1 saturated heterocycles. The van der Waals surface area contributed by atoms with Crippen LogP contribution in [0.25, 0.3) is 10.2 Å². The van der Waals surface area contributed by atoms with E-state index in [0.717, 1.165) is 20.8 Å². The molecule has 1 aliphatic rings. The molecule has 1 atom stereocenters. The van der Waals surface area contributed by atoms with Crippen molar-refractivity contribution in [3.63, 3.8) is 0 Å². The van der Waals surface area contributed by atoms with Gasteiger partial charge in [-0.2, -0.15) is 0 Å². The number of thioether (sulfide) groups is 1. The molecule has 0 unspecified atom stereocenters. The van der Waals surface area contributed by atoms with Gasteiger partial charge in [-0.15, -0.1) is 11.3 Å². The first-order valence-corrected chi connectivity index (χ1v) is 11.1. The third-order valence-corrected chi connectivity index (χ3v) is 7.71. The van der Waals surface area contributed by atoms with E-state index >= 15 is 0 Å². The van der Waals surface area contributed by atoms with Crippen LogP contribution in [0.3, 0.4) is 0 Å². The van der Waals surface area contributed by atoms with Crippen LogP contribution in [0.5, 0.6) is 0 Å². The number of rotatable bonds is 4. The number of thiophene rings is 1. The molecule has 6 nitrogen and oxygen atoms in total. The average Bonchev–Trinajstić information content (AvgIpc) is 2.96. The van der Waals surface area contributed by atoms with Gasteiger partial charge < -0.3 is 4.74 Å². The summed E-state index contributed by atoms with van der Waals surface area (Å²) in [6.07, 6.45) is -0.126. The van der Waals surface area contributed by atoms with Crippen LogP contribution < -0.4 is 0 Å². The molecule has 24 heavy (non-hydrogen) atoms. The minimum atomic E-state index is -3.05. The van der Waals surface area contributed by atoms with E-state index in [1.54, 1.807) is 11.3 Å². The van der Waals surface area contributed by atoms with Gasteiger partial charge >= 0.3 is 5.97 Å². The predicted molar refractivity (Wildman–Crippen MR) is 95.5 cm³/mol. The number of fused-ring (bicyclic) bond motifs is 1. The molecule has 0 radical (unpaired) electrons. The summed E-state index contributed by atoms with van der Waals surface area (Å²) in [5, 5.41) is 1.76. The number of aryl methyl sites for hydroxylation is 3. The lowest BCUT2D eigenvalue weighted by atomic mass is 10.2. The zero-order valence-electron chi connectivity index (χ0n) is 13.7. The maximum atomic E-state index is 12.0. The number of sulfone groups is 1. The van der Waals surface area contributed by atoms with E-state index in [1.807, 2.05) is 20.8 Å². The first-order chi connectivity index (χ1) is 11.2. The number of carbonyl (C=O) groups is 1. The Hall–Kier alpha value is -1.19. The van der Waals surface area contributed by atoms with E-state index in [1.165, 1.54) is 16.6 Å². The van der Waals surface area contributed by atoms with Crippen LogP contribution in [0.4, 0.5) is 0 Å². The maximum Gasteiger partial charge on any atom is 0.316 e. The van der Waals surface area contributed by atoms with Crippen molar-refractivity contribution >= 4 is 49.1 Å². The van der Waals surface area contributed by atoms with Gasteiger partial charge in [-0.05, 0) is 32.8 Å². The molecular weight excluding hydrogens is 368 g/mol. The molecule has 0 aromatic carbocycles. The van der Waals surface area contributed by atoms with Gasteiger partial charge in [-0.3, -0.25) is 4.79 Å². The topological polar surface area (TPSA) is 86.2 Å². The molecule has 0 bridgehead atoms. The van der Waals surface area contributed by atoms with E-state index in [9.17, 15) is 13.2 Å². The van der Waals surface area contributed by atoms with Crippen molar-refractivity contribution < 1.29 is 17.9 Å². The highest BCUT2D eigenvalue weighted by Crippen LogP contribution is 2.35. The zero-order chi connectivity index (χ0) is 17.5. The van der Waals surface area contributed by atoms with E-state index in [2.05, 4.69) is 9.97 Å². The average molecular weight is 387 g/mol. The van der Waals surface area contributed by atoms with Gasteiger partial charge in [0.05, 0.1) is 17.3 Å². The van der Waals surface area contributed by atoms with Crippen LogP contribution in [0.2, 0.25) is 0 Å². The minimum absolute atomic E-state index is 0.0664. The monoisotopic (exact) mass is 386 g/mol. The van der Waals surface area contributed by atoms with Crippen molar-refractivity contribution in [2.24, 2.45) is 0 Å². The van der Waals surface area contributed by atoms with Gasteiger partial charge in [0.15, 0.2) is 9.84 Å². The van der Waals surface area contributed by atoms with Crippen molar-refractivity contribution in [3.05, 3.63) is 16.3 Å². The largest absolute Gasteiger partial charge is 0.461 e. The summed E-state index contributed by atoms with van der Waals surface area (Å²) in [7, 11) is -3.05. The standard InChI is InChI=1S/C15H18N2O4S3/c1-8-9(2)23-15-13(8)14(16-10(3)17-15)22-6-12(18)21-11-4-5-24(19,20)7-11/h11H,4-7H2,1-3H3/t11-/m0/s1. The lowest BCUT2D eigenvalue weighted by Gasteiger charge is -2.10. The number of carbonyl (C=O) groups excluding carboxylic acids is 1. The number of hydrogen-bond donors (Lipinski definition) is 0. The minimum Gasteiger partial charge on any atom is -0.461 e. The Morgan fingerprint density at radius 1 is 1.33 bits per heavy atom. The van der Waals surface area contributed by atoms with E-state index in [0.29, 0.717) is 12.2 Å². The first-order valence-electron chi connectivity index (χ1n) is 7.52. The summed E-state index contributed by atoms with van der Waals surface area (Å²) in [5.41, 5.74) is 1.13. The summed E-state index contributed by atoms with van der Waals surface area (Å²) in [4.78, 5) is 23.0. The Labute approximate surface area is 148 Å². The van der Waals surface area contributed by atoms with Gasteiger partial charge in [0.2, 0.25) is 0 Å². The molecule has 0 spiro atoms. The van der Waals surface area contributed by atoms with Gasteiger partial charge in [0.25, 0.3) is 0 Å².